The second-order valence-corrected chi connectivity index (χ2v) is 7.20. The van der Waals surface area contributed by atoms with Gasteiger partial charge in [-0.05, 0) is 16.7 Å². The van der Waals surface area contributed by atoms with Crippen LogP contribution in [0.4, 0.5) is 0 Å². The van der Waals surface area contributed by atoms with E-state index in [1.54, 1.807) is 6.08 Å². The zero-order valence-electron chi connectivity index (χ0n) is 9.98. The SMILES string of the molecule is CC1C(C)(C)C=CC(S(=O)(=O)O)C1(C)C. The third kappa shape index (κ3) is 2.11. The molecule has 0 aromatic carbocycles. The van der Waals surface area contributed by atoms with Crippen LogP contribution in [-0.2, 0) is 10.1 Å². The lowest BCUT2D eigenvalue weighted by atomic mass is 9.61. The van der Waals surface area contributed by atoms with Crippen molar-refractivity contribution < 1.29 is 13.0 Å². The van der Waals surface area contributed by atoms with Gasteiger partial charge in [-0.25, -0.2) is 0 Å². The second-order valence-electron chi connectivity index (χ2n) is 5.66. The van der Waals surface area contributed by atoms with Gasteiger partial charge in [-0.3, -0.25) is 4.55 Å². The first-order chi connectivity index (χ1) is 6.49. The lowest BCUT2D eigenvalue weighted by Crippen LogP contribution is -2.47. The maximum atomic E-state index is 11.3. The van der Waals surface area contributed by atoms with Crippen molar-refractivity contribution in [1.29, 1.82) is 0 Å². The first-order valence-corrected chi connectivity index (χ1v) is 6.65. The van der Waals surface area contributed by atoms with Crippen molar-refractivity contribution in [2.24, 2.45) is 16.7 Å². The van der Waals surface area contributed by atoms with Crippen molar-refractivity contribution in [3.63, 3.8) is 0 Å². The Hall–Kier alpha value is -0.350. The number of allylic oxidation sites excluding steroid dienone is 1. The van der Waals surface area contributed by atoms with Crippen molar-refractivity contribution >= 4 is 10.1 Å². The molecule has 1 N–H and O–H groups in total. The van der Waals surface area contributed by atoms with Crippen LogP contribution in [-0.4, -0.2) is 18.2 Å². The van der Waals surface area contributed by atoms with Crippen molar-refractivity contribution in [2.45, 2.75) is 39.9 Å². The van der Waals surface area contributed by atoms with E-state index in [0.717, 1.165) is 0 Å². The van der Waals surface area contributed by atoms with Crippen molar-refractivity contribution in [3.05, 3.63) is 12.2 Å². The Labute approximate surface area is 92.3 Å². The molecule has 0 heterocycles. The third-order valence-corrected chi connectivity index (χ3v) is 5.39. The summed E-state index contributed by atoms with van der Waals surface area (Å²) in [7, 11) is -4.00. The fourth-order valence-electron chi connectivity index (χ4n) is 2.42. The van der Waals surface area contributed by atoms with E-state index in [1.807, 2.05) is 26.8 Å². The molecule has 0 aromatic rings. The zero-order valence-corrected chi connectivity index (χ0v) is 10.8. The van der Waals surface area contributed by atoms with Gasteiger partial charge in [0.25, 0.3) is 10.1 Å². The summed E-state index contributed by atoms with van der Waals surface area (Å²) in [5, 5.41) is -0.798. The molecule has 1 aliphatic carbocycles. The average Bonchev–Trinajstić information content (AvgIpc) is 1.97. The highest BCUT2D eigenvalue weighted by Gasteiger charge is 2.48. The quantitative estimate of drug-likeness (QED) is 0.558. The predicted octanol–water partition coefficient (Wildman–Crippen LogP) is 2.50. The van der Waals surface area contributed by atoms with Crippen LogP contribution in [0.2, 0.25) is 0 Å². The smallest absolute Gasteiger partial charge is 0.271 e. The standard InChI is InChI=1S/C11H20O3S/c1-8-10(2,3)7-6-9(11(8,4)5)15(12,13)14/h6-9H,1-5H3,(H,12,13,14). The molecule has 0 aromatic heterocycles. The van der Waals surface area contributed by atoms with Gasteiger partial charge < -0.3 is 0 Å². The number of hydrogen-bond acceptors (Lipinski definition) is 2. The highest BCUT2D eigenvalue weighted by Crippen LogP contribution is 2.48. The monoisotopic (exact) mass is 232 g/mol. The van der Waals surface area contributed by atoms with Gasteiger partial charge in [0.2, 0.25) is 0 Å². The largest absolute Gasteiger partial charge is 0.285 e. The Morgan fingerprint density at radius 3 is 2.07 bits per heavy atom. The van der Waals surface area contributed by atoms with Crippen molar-refractivity contribution in [1.82, 2.24) is 0 Å². The molecule has 15 heavy (non-hydrogen) atoms. The predicted molar refractivity (Wildman–Crippen MR) is 61.2 cm³/mol. The van der Waals surface area contributed by atoms with E-state index in [1.165, 1.54) is 0 Å². The van der Waals surface area contributed by atoms with E-state index < -0.39 is 20.8 Å². The van der Waals surface area contributed by atoms with Gasteiger partial charge in [0.05, 0.1) is 0 Å². The molecule has 2 unspecified atom stereocenters. The molecule has 0 saturated heterocycles. The minimum atomic E-state index is -4.00. The molecular weight excluding hydrogens is 212 g/mol. The third-order valence-electron chi connectivity index (χ3n) is 3.99. The van der Waals surface area contributed by atoms with Crippen LogP contribution in [0.25, 0.3) is 0 Å². The van der Waals surface area contributed by atoms with Crippen LogP contribution in [0.3, 0.4) is 0 Å². The van der Waals surface area contributed by atoms with Gasteiger partial charge in [0, 0.05) is 0 Å². The molecular formula is C11H20O3S. The molecule has 0 bridgehead atoms. The number of hydrogen-bond donors (Lipinski definition) is 1. The first-order valence-electron chi connectivity index (χ1n) is 5.15. The summed E-state index contributed by atoms with van der Waals surface area (Å²) in [4.78, 5) is 0. The van der Waals surface area contributed by atoms with Gasteiger partial charge in [-0.15, -0.1) is 0 Å². The summed E-state index contributed by atoms with van der Waals surface area (Å²) in [5.41, 5.74) is -0.490. The Morgan fingerprint density at radius 2 is 1.67 bits per heavy atom. The number of rotatable bonds is 1. The van der Waals surface area contributed by atoms with E-state index >= 15 is 0 Å². The topological polar surface area (TPSA) is 54.4 Å². The van der Waals surface area contributed by atoms with Gasteiger partial charge in [-0.1, -0.05) is 46.8 Å². The van der Waals surface area contributed by atoms with Gasteiger partial charge in [-0.2, -0.15) is 8.42 Å². The second kappa shape index (κ2) is 3.32. The summed E-state index contributed by atoms with van der Waals surface area (Å²) >= 11 is 0. The van der Waals surface area contributed by atoms with E-state index in [9.17, 15) is 13.0 Å². The maximum absolute atomic E-state index is 11.3. The minimum absolute atomic E-state index is 0.0370. The molecule has 4 heteroatoms. The molecule has 1 rings (SSSR count). The Kier molecular flexibility index (Phi) is 2.81. The van der Waals surface area contributed by atoms with Crippen LogP contribution in [0.1, 0.15) is 34.6 Å². The summed E-state index contributed by atoms with van der Waals surface area (Å²) < 4.78 is 31.7. The van der Waals surface area contributed by atoms with E-state index in [2.05, 4.69) is 13.8 Å². The first kappa shape index (κ1) is 12.7. The molecule has 2 atom stereocenters. The fourth-order valence-corrected chi connectivity index (χ4v) is 3.67. The fraction of sp³-hybridized carbons (Fsp3) is 0.818. The average molecular weight is 232 g/mol. The highest BCUT2D eigenvalue weighted by molar-refractivity contribution is 7.86. The molecule has 0 amide bonds. The normalized spacial score (nSPS) is 34.0. The molecule has 0 saturated carbocycles. The molecule has 0 fully saturated rings. The van der Waals surface area contributed by atoms with E-state index in [0.29, 0.717) is 0 Å². The maximum Gasteiger partial charge on any atom is 0.271 e. The summed E-state index contributed by atoms with van der Waals surface area (Å²) in [6, 6.07) is 0. The van der Waals surface area contributed by atoms with Gasteiger partial charge in [0.1, 0.15) is 5.25 Å². The summed E-state index contributed by atoms with van der Waals surface area (Å²) in [6.07, 6.45) is 3.51. The highest BCUT2D eigenvalue weighted by atomic mass is 32.2. The van der Waals surface area contributed by atoms with Crippen LogP contribution in [0.5, 0.6) is 0 Å². The zero-order chi connectivity index (χ0) is 12.1. The Balaban J connectivity index is 3.27. The Bertz CT molecular complexity index is 377. The lowest BCUT2D eigenvalue weighted by molar-refractivity contribution is 0.114. The van der Waals surface area contributed by atoms with Gasteiger partial charge in [0.15, 0.2) is 0 Å². The molecule has 1 aliphatic rings. The molecule has 0 aliphatic heterocycles. The molecule has 88 valence electrons. The lowest BCUT2D eigenvalue weighted by Gasteiger charge is -2.47. The van der Waals surface area contributed by atoms with E-state index in [4.69, 9.17) is 0 Å². The molecule has 0 spiro atoms. The summed E-state index contributed by atoms with van der Waals surface area (Å²) in [6.45, 7) is 9.97. The van der Waals surface area contributed by atoms with Crippen molar-refractivity contribution in [2.75, 3.05) is 0 Å². The van der Waals surface area contributed by atoms with E-state index in [-0.39, 0.29) is 11.3 Å². The molecule has 3 nitrogen and oxygen atoms in total. The summed E-state index contributed by atoms with van der Waals surface area (Å²) in [5.74, 6) is 0.182. The van der Waals surface area contributed by atoms with Crippen LogP contribution >= 0.6 is 0 Å². The van der Waals surface area contributed by atoms with Crippen LogP contribution in [0.15, 0.2) is 12.2 Å². The Morgan fingerprint density at radius 1 is 1.20 bits per heavy atom. The molecule has 0 radical (unpaired) electrons. The van der Waals surface area contributed by atoms with Crippen molar-refractivity contribution in [3.8, 4) is 0 Å². The van der Waals surface area contributed by atoms with Crippen LogP contribution in [0, 0.1) is 16.7 Å². The minimum Gasteiger partial charge on any atom is -0.285 e. The van der Waals surface area contributed by atoms with Crippen LogP contribution < -0.4 is 0 Å². The van der Waals surface area contributed by atoms with Gasteiger partial charge >= 0.3 is 0 Å².